The van der Waals surface area contributed by atoms with Crippen molar-refractivity contribution in [3.05, 3.63) is 47.6 Å². The molecule has 90 valence electrons. The Hall–Kier alpha value is -1.31. The van der Waals surface area contributed by atoms with Gasteiger partial charge in [-0.15, -0.1) is 0 Å². The normalized spacial score (nSPS) is 30.8. The topological polar surface area (TPSA) is 12.4 Å². The fourth-order valence-corrected chi connectivity index (χ4v) is 1.79. The molecule has 0 N–H and O–H groups in total. The Morgan fingerprint density at radius 1 is 1.41 bits per heavy atom. The van der Waals surface area contributed by atoms with E-state index in [1.54, 1.807) is 0 Å². The molecule has 2 heteroatoms. The lowest BCUT2D eigenvalue weighted by atomic mass is 9.64. The number of hydrogen-bond donors (Lipinski definition) is 0. The molecule has 0 amide bonds. The molecule has 0 fully saturated rings. The molecule has 0 aromatic rings. The molecule has 0 aromatic heterocycles. The van der Waals surface area contributed by atoms with Crippen LogP contribution in [0, 0.1) is 5.92 Å². The van der Waals surface area contributed by atoms with Crippen LogP contribution in [0.25, 0.3) is 0 Å². The highest BCUT2D eigenvalue weighted by Gasteiger charge is 2.01. The predicted octanol–water partition coefficient (Wildman–Crippen LogP) is 3.87. The van der Waals surface area contributed by atoms with E-state index in [-0.39, 0.29) is 0 Å². The minimum absolute atomic E-state index is 0.390. The van der Waals surface area contributed by atoms with Crippen LogP contribution < -0.4 is 0 Å². The van der Waals surface area contributed by atoms with Crippen LogP contribution in [-0.4, -0.2) is 13.5 Å². The maximum atomic E-state index is 4.43. The molecule has 1 aliphatic heterocycles. The van der Waals surface area contributed by atoms with Crippen molar-refractivity contribution >= 4 is 13.5 Å². The Bertz CT molecular complexity index is 386. The van der Waals surface area contributed by atoms with Crippen LogP contribution >= 0.6 is 0 Å². The highest BCUT2D eigenvalue weighted by Crippen LogP contribution is 2.11. The van der Waals surface area contributed by atoms with Crippen molar-refractivity contribution < 1.29 is 0 Å². The van der Waals surface area contributed by atoms with Crippen LogP contribution in [0.4, 0.5) is 0 Å². The lowest BCUT2D eigenvalue weighted by molar-refractivity contribution is 1.01. The first-order chi connectivity index (χ1) is 8.11. The van der Waals surface area contributed by atoms with Gasteiger partial charge in [-0.2, -0.15) is 0 Å². The molecule has 0 bridgehead atoms. The highest BCUT2D eigenvalue weighted by molar-refractivity contribution is 6.46. The number of allylic oxidation sites excluding steroid dienone is 7. The summed E-state index contributed by atoms with van der Waals surface area (Å²) >= 11 is 0. The quantitative estimate of drug-likeness (QED) is 0.649. The number of nitrogens with zero attached hydrogens (tertiary/aromatic N) is 1. The zero-order chi connectivity index (χ0) is 12.7. The van der Waals surface area contributed by atoms with E-state index in [1.165, 1.54) is 18.2 Å². The lowest BCUT2D eigenvalue weighted by Gasteiger charge is -2.06. The molecule has 0 aliphatic carbocycles. The zero-order valence-electron chi connectivity index (χ0n) is 11.2. The maximum absolute atomic E-state index is 4.43. The van der Waals surface area contributed by atoms with E-state index in [1.807, 2.05) is 19.2 Å². The van der Waals surface area contributed by atoms with Crippen LogP contribution in [0.1, 0.15) is 27.2 Å². The van der Waals surface area contributed by atoms with Crippen molar-refractivity contribution in [1.29, 1.82) is 0 Å². The van der Waals surface area contributed by atoms with Gasteiger partial charge in [-0.25, -0.2) is 0 Å². The third-order valence-corrected chi connectivity index (χ3v) is 2.72. The van der Waals surface area contributed by atoms with E-state index in [0.717, 1.165) is 18.5 Å². The summed E-state index contributed by atoms with van der Waals surface area (Å²) in [6.45, 7) is 10.4. The molecule has 0 radical (unpaired) electrons. The molecule has 1 unspecified atom stereocenters. The Labute approximate surface area is 106 Å². The maximum Gasteiger partial charge on any atom is 0.157 e. The van der Waals surface area contributed by atoms with Crippen LogP contribution in [0.3, 0.4) is 0 Å². The van der Waals surface area contributed by atoms with Gasteiger partial charge in [-0.3, -0.25) is 4.99 Å². The van der Waals surface area contributed by atoms with E-state index < -0.39 is 0 Å². The first-order valence-corrected chi connectivity index (χ1v) is 6.42. The van der Waals surface area contributed by atoms with E-state index in [2.05, 4.69) is 43.6 Å². The largest absolute Gasteiger partial charge is 0.265 e. The van der Waals surface area contributed by atoms with E-state index in [9.17, 15) is 0 Å². The van der Waals surface area contributed by atoms with Crippen molar-refractivity contribution in [2.75, 3.05) is 0 Å². The van der Waals surface area contributed by atoms with Gasteiger partial charge in [-0.05, 0) is 18.6 Å². The molecule has 0 spiro atoms. The molecule has 0 saturated carbocycles. The third kappa shape index (κ3) is 5.53. The number of rotatable bonds is 3. The SMILES string of the molecule is C=C1/C=C\C(BCCC)=C/C(C)/C=N\C(C)=C/1. The van der Waals surface area contributed by atoms with Crippen molar-refractivity contribution in [1.82, 2.24) is 0 Å². The van der Waals surface area contributed by atoms with Gasteiger partial charge in [0, 0.05) is 17.8 Å². The molecular formula is C15H22BN. The van der Waals surface area contributed by atoms with Gasteiger partial charge in [0.05, 0.1) is 0 Å². The Morgan fingerprint density at radius 2 is 2.18 bits per heavy atom. The summed E-state index contributed by atoms with van der Waals surface area (Å²) in [4.78, 5) is 4.43. The van der Waals surface area contributed by atoms with E-state index >= 15 is 0 Å². The highest BCUT2D eigenvalue weighted by atomic mass is 14.7. The average Bonchev–Trinajstić information content (AvgIpc) is 2.29. The van der Waals surface area contributed by atoms with Gasteiger partial charge in [0.15, 0.2) is 7.28 Å². The van der Waals surface area contributed by atoms with E-state index in [0.29, 0.717) is 5.92 Å². The summed E-state index contributed by atoms with van der Waals surface area (Å²) in [7, 11) is 1.14. The van der Waals surface area contributed by atoms with Crippen LogP contribution in [-0.2, 0) is 0 Å². The Kier molecular flexibility index (Phi) is 5.75. The Balaban J connectivity index is 2.89. The van der Waals surface area contributed by atoms with Gasteiger partial charge < -0.3 is 0 Å². The van der Waals surface area contributed by atoms with Crippen LogP contribution in [0.5, 0.6) is 0 Å². The van der Waals surface area contributed by atoms with Crippen LogP contribution in [0.2, 0.25) is 6.32 Å². The van der Waals surface area contributed by atoms with Gasteiger partial charge >= 0.3 is 0 Å². The molecule has 1 atom stereocenters. The monoisotopic (exact) mass is 227 g/mol. The number of aliphatic imine (C=N–C) groups is 1. The van der Waals surface area contributed by atoms with Gasteiger partial charge in [0.25, 0.3) is 0 Å². The fourth-order valence-electron chi connectivity index (χ4n) is 1.79. The first kappa shape index (κ1) is 13.8. The summed E-state index contributed by atoms with van der Waals surface area (Å²) in [5.41, 5.74) is 3.41. The second-order valence-corrected chi connectivity index (χ2v) is 4.68. The predicted molar refractivity (Wildman–Crippen MR) is 80.0 cm³/mol. The summed E-state index contributed by atoms with van der Waals surface area (Å²) < 4.78 is 0. The van der Waals surface area contributed by atoms with E-state index in [4.69, 9.17) is 0 Å². The zero-order valence-corrected chi connectivity index (χ0v) is 11.2. The van der Waals surface area contributed by atoms with Gasteiger partial charge in [-0.1, -0.05) is 56.9 Å². The van der Waals surface area contributed by atoms with Crippen molar-refractivity contribution in [3.8, 4) is 0 Å². The first-order valence-electron chi connectivity index (χ1n) is 6.42. The smallest absolute Gasteiger partial charge is 0.157 e. The van der Waals surface area contributed by atoms with Crippen LogP contribution in [0.15, 0.2) is 52.6 Å². The second-order valence-electron chi connectivity index (χ2n) is 4.68. The molecule has 1 heterocycles. The fraction of sp³-hybridized carbons (Fsp3) is 0.400. The number of hydrogen-bond acceptors (Lipinski definition) is 1. The summed E-state index contributed by atoms with van der Waals surface area (Å²) in [5.74, 6) is 0.390. The molecule has 0 saturated heterocycles. The molecule has 1 rings (SSSR count). The van der Waals surface area contributed by atoms with Gasteiger partial charge in [0.1, 0.15) is 0 Å². The molecule has 0 aromatic carbocycles. The minimum Gasteiger partial charge on any atom is -0.265 e. The molecule has 17 heavy (non-hydrogen) atoms. The third-order valence-electron chi connectivity index (χ3n) is 2.72. The van der Waals surface area contributed by atoms with Crippen molar-refractivity contribution in [3.63, 3.8) is 0 Å². The average molecular weight is 227 g/mol. The lowest BCUT2D eigenvalue weighted by Crippen LogP contribution is -1.99. The minimum atomic E-state index is 0.390. The van der Waals surface area contributed by atoms with Crippen molar-refractivity contribution in [2.45, 2.75) is 33.5 Å². The Morgan fingerprint density at radius 3 is 2.88 bits per heavy atom. The standard InChI is InChI=1S/C15H22BN/c1-5-8-16-15-7-6-12(2)9-14(4)17-11-13(3)10-15/h6-7,9-11,13,16H,2,5,8H2,1,3-4H3/b7-6-,14-9-,15-10+,17-11-. The summed E-state index contributed by atoms with van der Waals surface area (Å²) in [6.07, 6.45) is 13.1. The van der Waals surface area contributed by atoms with Crippen molar-refractivity contribution in [2.24, 2.45) is 10.9 Å². The molecule has 1 aliphatic rings. The summed E-state index contributed by atoms with van der Waals surface area (Å²) in [6, 6.07) is 0. The summed E-state index contributed by atoms with van der Waals surface area (Å²) in [5, 5.41) is 0. The molecule has 1 nitrogen and oxygen atoms in total. The molecular weight excluding hydrogens is 205 g/mol. The van der Waals surface area contributed by atoms with Gasteiger partial charge in [0.2, 0.25) is 0 Å². The second kappa shape index (κ2) is 7.11.